The lowest BCUT2D eigenvalue weighted by atomic mass is 10.1. The van der Waals surface area contributed by atoms with Crippen LogP contribution < -0.4 is 0 Å². The van der Waals surface area contributed by atoms with Crippen LogP contribution in [0.2, 0.25) is 0 Å². The molecule has 0 spiro atoms. The van der Waals surface area contributed by atoms with Crippen molar-refractivity contribution in [1.82, 2.24) is 14.9 Å². The molecule has 6 nitrogen and oxygen atoms in total. The van der Waals surface area contributed by atoms with Gasteiger partial charge in [0.2, 0.25) is 0 Å². The smallest absolute Gasteiger partial charge is 0.323 e. The maximum Gasteiger partial charge on any atom is 0.323 e. The quantitative estimate of drug-likeness (QED) is 0.906. The molecule has 2 aromatic rings. The number of aromatic nitrogens is 2. The molecule has 0 radical (unpaired) electrons. The number of carbonyl (C=O) groups is 2. The van der Waals surface area contributed by atoms with Crippen LogP contribution in [0.3, 0.4) is 0 Å². The number of carboxylic acids is 1. The molecule has 2 rings (SSSR count). The van der Waals surface area contributed by atoms with E-state index in [1.165, 1.54) is 4.90 Å². The molecule has 6 heteroatoms. The Hall–Kier alpha value is -2.50. The first kappa shape index (κ1) is 14.9. The molecule has 0 aliphatic rings. The van der Waals surface area contributed by atoms with E-state index in [0.29, 0.717) is 23.1 Å². The Morgan fingerprint density at radius 2 is 1.86 bits per heavy atom. The van der Waals surface area contributed by atoms with Crippen molar-refractivity contribution < 1.29 is 14.7 Å². The van der Waals surface area contributed by atoms with Crippen molar-refractivity contribution >= 4 is 22.9 Å². The molecule has 0 aliphatic carbocycles. The Morgan fingerprint density at radius 3 is 2.48 bits per heavy atom. The number of carbonyl (C=O) groups excluding carboxylic acids is 1. The highest BCUT2D eigenvalue weighted by atomic mass is 16.4. The molecule has 1 aromatic carbocycles. The second-order valence-electron chi connectivity index (χ2n) is 5.23. The molecule has 0 bridgehead atoms. The fourth-order valence-electron chi connectivity index (χ4n) is 2.10. The normalized spacial score (nSPS) is 10.8. The van der Waals surface area contributed by atoms with Crippen LogP contribution in [0.5, 0.6) is 0 Å². The zero-order valence-electron chi connectivity index (χ0n) is 12.0. The van der Waals surface area contributed by atoms with Crippen molar-refractivity contribution in [3.8, 4) is 0 Å². The Bertz CT molecular complexity index is 670. The van der Waals surface area contributed by atoms with E-state index in [0.717, 1.165) is 0 Å². The summed E-state index contributed by atoms with van der Waals surface area (Å²) >= 11 is 0. The van der Waals surface area contributed by atoms with E-state index in [-0.39, 0.29) is 18.4 Å². The lowest BCUT2D eigenvalue weighted by Crippen LogP contribution is -2.38. The van der Waals surface area contributed by atoms with Gasteiger partial charge in [0.1, 0.15) is 6.54 Å². The first-order valence-corrected chi connectivity index (χ1v) is 6.69. The SMILES string of the molecule is CC(C)CN(CC(=O)O)C(=O)c1ccc2nccnc2c1. The molecule has 0 aliphatic heterocycles. The number of rotatable bonds is 5. The topological polar surface area (TPSA) is 83.4 Å². The van der Waals surface area contributed by atoms with Gasteiger partial charge in [0.25, 0.3) is 5.91 Å². The Labute approximate surface area is 122 Å². The van der Waals surface area contributed by atoms with E-state index in [2.05, 4.69) is 9.97 Å². The molecule has 0 unspecified atom stereocenters. The predicted molar refractivity (Wildman–Crippen MR) is 77.9 cm³/mol. The van der Waals surface area contributed by atoms with Gasteiger partial charge in [-0.05, 0) is 24.1 Å². The molecule has 0 saturated heterocycles. The minimum Gasteiger partial charge on any atom is -0.480 e. The molecular weight excluding hydrogens is 270 g/mol. The van der Waals surface area contributed by atoms with Gasteiger partial charge in [-0.15, -0.1) is 0 Å². The van der Waals surface area contributed by atoms with Gasteiger partial charge in [0.15, 0.2) is 0 Å². The molecule has 0 atom stereocenters. The van der Waals surface area contributed by atoms with Crippen molar-refractivity contribution in [3.05, 3.63) is 36.2 Å². The summed E-state index contributed by atoms with van der Waals surface area (Å²) in [5.74, 6) is -1.14. The van der Waals surface area contributed by atoms with Crippen LogP contribution in [0.25, 0.3) is 11.0 Å². The fourth-order valence-corrected chi connectivity index (χ4v) is 2.10. The number of amides is 1. The number of fused-ring (bicyclic) bond motifs is 1. The molecule has 1 aromatic heterocycles. The number of hydrogen-bond donors (Lipinski definition) is 1. The molecule has 1 N–H and O–H groups in total. The second kappa shape index (κ2) is 6.30. The molecule has 0 fully saturated rings. The van der Waals surface area contributed by atoms with Gasteiger partial charge in [0.05, 0.1) is 11.0 Å². The lowest BCUT2D eigenvalue weighted by molar-refractivity contribution is -0.137. The summed E-state index contributed by atoms with van der Waals surface area (Å²) in [7, 11) is 0. The molecule has 1 heterocycles. The summed E-state index contributed by atoms with van der Waals surface area (Å²) in [5, 5.41) is 8.95. The van der Waals surface area contributed by atoms with Gasteiger partial charge in [0, 0.05) is 24.5 Å². The van der Waals surface area contributed by atoms with Crippen molar-refractivity contribution in [2.24, 2.45) is 5.92 Å². The highest BCUT2D eigenvalue weighted by molar-refractivity contribution is 5.98. The van der Waals surface area contributed by atoms with Crippen molar-refractivity contribution in [2.45, 2.75) is 13.8 Å². The van der Waals surface area contributed by atoms with Gasteiger partial charge in [-0.1, -0.05) is 13.8 Å². The van der Waals surface area contributed by atoms with Crippen LogP contribution in [0.4, 0.5) is 0 Å². The van der Waals surface area contributed by atoms with E-state index in [1.54, 1.807) is 30.6 Å². The molecule has 1 amide bonds. The first-order valence-electron chi connectivity index (χ1n) is 6.69. The van der Waals surface area contributed by atoms with Crippen molar-refractivity contribution in [3.63, 3.8) is 0 Å². The van der Waals surface area contributed by atoms with Gasteiger partial charge in [-0.3, -0.25) is 19.6 Å². The molecular formula is C15H17N3O3. The van der Waals surface area contributed by atoms with E-state index in [9.17, 15) is 9.59 Å². The van der Waals surface area contributed by atoms with Crippen LogP contribution >= 0.6 is 0 Å². The van der Waals surface area contributed by atoms with Crippen LogP contribution in [-0.4, -0.2) is 44.9 Å². The van der Waals surface area contributed by atoms with Crippen molar-refractivity contribution in [2.75, 3.05) is 13.1 Å². The number of benzene rings is 1. The minimum absolute atomic E-state index is 0.188. The van der Waals surface area contributed by atoms with E-state index in [1.807, 2.05) is 13.8 Å². The van der Waals surface area contributed by atoms with E-state index < -0.39 is 5.97 Å². The third-order valence-electron chi connectivity index (χ3n) is 2.92. The molecule has 21 heavy (non-hydrogen) atoms. The van der Waals surface area contributed by atoms with E-state index in [4.69, 9.17) is 5.11 Å². The van der Waals surface area contributed by atoms with E-state index >= 15 is 0 Å². The summed E-state index contributed by atoms with van der Waals surface area (Å²) in [4.78, 5) is 33.0. The standard InChI is InChI=1S/C15H17N3O3/c1-10(2)8-18(9-14(19)20)15(21)11-3-4-12-13(7-11)17-6-5-16-12/h3-7,10H,8-9H2,1-2H3,(H,19,20). The van der Waals surface area contributed by atoms with Crippen LogP contribution in [0.15, 0.2) is 30.6 Å². The summed E-state index contributed by atoms with van der Waals surface area (Å²) in [5.41, 5.74) is 1.73. The third-order valence-corrected chi connectivity index (χ3v) is 2.92. The minimum atomic E-state index is -1.02. The molecule has 110 valence electrons. The lowest BCUT2D eigenvalue weighted by Gasteiger charge is -2.22. The third kappa shape index (κ3) is 3.75. The zero-order valence-corrected chi connectivity index (χ0v) is 12.0. The summed E-state index contributed by atoms with van der Waals surface area (Å²) in [6.07, 6.45) is 3.14. The van der Waals surface area contributed by atoms with Crippen molar-refractivity contribution in [1.29, 1.82) is 0 Å². The van der Waals surface area contributed by atoms with Gasteiger partial charge >= 0.3 is 5.97 Å². The summed E-state index contributed by atoms with van der Waals surface area (Å²) in [6.45, 7) is 3.96. The highest BCUT2D eigenvalue weighted by Crippen LogP contribution is 2.14. The average Bonchev–Trinajstić information content (AvgIpc) is 2.44. The number of nitrogens with zero attached hydrogens (tertiary/aromatic N) is 3. The van der Waals surface area contributed by atoms with Gasteiger partial charge < -0.3 is 10.0 Å². The van der Waals surface area contributed by atoms with Gasteiger partial charge in [-0.2, -0.15) is 0 Å². The zero-order chi connectivity index (χ0) is 15.4. The monoisotopic (exact) mass is 287 g/mol. The number of carboxylic acid groups (broad SMARTS) is 1. The Morgan fingerprint density at radius 1 is 1.19 bits per heavy atom. The number of aliphatic carboxylic acids is 1. The summed E-state index contributed by atoms with van der Waals surface area (Å²) in [6, 6.07) is 5.00. The first-order chi connectivity index (χ1) is 9.97. The maximum absolute atomic E-state index is 12.5. The Kier molecular flexibility index (Phi) is 4.47. The molecule has 0 saturated carbocycles. The second-order valence-corrected chi connectivity index (χ2v) is 5.23. The average molecular weight is 287 g/mol. The maximum atomic E-state index is 12.5. The Balaban J connectivity index is 2.30. The van der Waals surface area contributed by atoms with Crippen LogP contribution in [0.1, 0.15) is 24.2 Å². The van der Waals surface area contributed by atoms with Crippen LogP contribution in [0, 0.1) is 5.92 Å². The predicted octanol–water partition coefficient (Wildman–Crippen LogP) is 1.81. The fraction of sp³-hybridized carbons (Fsp3) is 0.333. The number of hydrogen-bond acceptors (Lipinski definition) is 4. The highest BCUT2D eigenvalue weighted by Gasteiger charge is 2.19. The van der Waals surface area contributed by atoms with Gasteiger partial charge in [-0.25, -0.2) is 0 Å². The summed E-state index contributed by atoms with van der Waals surface area (Å²) < 4.78 is 0. The van der Waals surface area contributed by atoms with Crippen LogP contribution in [-0.2, 0) is 4.79 Å². The largest absolute Gasteiger partial charge is 0.480 e.